The molecule has 0 saturated heterocycles. The Morgan fingerprint density at radius 1 is 1.31 bits per heavy atom. The lowest BCUT2D eigenvalue weighted by atomic mass is 10.2. The van der Waals surface area contributed by atoms with Crippen LogP contribution in [0.1, 0.15) is 26.3 Å². The molecule has 0 spiro atoms. The molecular formula is C13H20ClNS. The molecular weight excluding hydrogens is 238 g/mol. The summed E-state index contributed by atoms with van der Waals surface area (Å²) in [6.45, 7) is 8.66. The van der Waals surface area contributed by atoms with Crippen LogP contribution < -0.4 is 5.32 Å². The Morgan fingerprint density at radius 2 is 2.06 bits per heavy atom. The Morgan fingerprint density at radius 3 is 2.69 bits per heavy atom. The van der Waals surface area contributed by atoms with Crippen molar-refractivity contribution in [2.24, 2.45) is 0 Å². The lowest BCUT2D eigenvalue weighted by Gasteiger charge is -2.17. The third-order valence-corrected chi connectivity index (χ3v) is 3.54. The molecule has 1 nitrogen and oxygen atoms in total. The summed E-state index contributed by atoms with van der Waals surface area (Å²) >= 11 is 7.90. The molecule has 3 heteroatoms. The van der Waals surface area contributed by atoms with E-state index in [2.05, 4.69) is 32.2 Å². The number of hydrogen-bond donors (Lipinski definition) is 1. The molecule has 0 aromatic heterocycles. The van der Waals surface area contributed by atoms with Gasteiger partial charge in [0, 0.05) is 28.6 Å². The second-order valence-corrected chi connectivity index (χ2v) is 7.13. The van der Waals surface area contributed by atoms with Gasteiger partial charge >= 0.3 is 0 Å². The zero-order valence-electron chi connectivity index (χ0n) is 10.2. The van der Waals surface area contributed by atoms with Gasteiger partial charge in [-0.15, -0.1) is 0 Å². The first-order valence-electron chi connectivity index (χ1n) is 5.56. The van der Waals surface area contributed by atoms with Crippen molar-refractivity contribution in [1.82, 2.24) is 5.32 Å². The molecule has 0 amide bonds. The maximum absolute atomic E-state index is 5.91. The fourth-order valence-electron chi connectivity index (χ4n) is 1.31. The van der Waals surface area contributed by atoms with E-state index >= 15 is 0 Å². The second kappa shape index (κ2) is 6.53. The molecule has 0 aliphatic heterocycles. The fraction of sp³-hybridized carbons (Fsp3) is 0.538. The van der Waals surface area contributed by atoms with Crippen molar-refractivity contribution in [3.63, 3.8) is 0 Å². The van der Waals surface area contributed by atoms with Crippen LogP contribution in [0.5, 0.6) is 0 Å². The highest BCUT2D eigenvalue weighted by atomic mass is 35.5. The predicted molar refractivity (Wildman–Crippen MR) is 75.4 cm³/mol. The number of halogens is 1. The minimum Gasteiger partial charge on any atom is -0.312 e. The zero-order chi connectivity index (χ0) is 12.0. The summed E-state index contributed by atoms with van der Waals surface area (Å²) in [5.74, 6) is 1.14. The van der Waals surface area contributed by atoms with Gasteiger partial charge in [0.2, 0.25) is 0 Å². The zero-order valence-corrected chi connectivity index (χ0v) is 11.8. The average Bonchev–Trinajstić information content (AvgIpc) is 2.15. The number of thioether (sulfide) groups is 1. The Kier molecular flexibility index (Phi) is 5.67. The van der Waals surface area contributed by atoms with Gasteiger partial charge < -0.3 is 5.32 Å². The molecule has 0 heterocycles. The van der Waals surface area contributed by atoms with Gasteiger partial charge in [0.1, 0.15) is 0 Å². The Hall–Kier alpha value is -0.180. The number of nitrogens with one attached hydrogen (secondary N) is 1. The lowest BCUT2D eigenvalue weighted by molar-refractivity contribution is 0.726. The minimum absolute atomic E-state index is 0.359. The van der Waals surface area contributed by atoms with Crippen molar-refractivity contribution >= 4 is 23.4 Å². The van der Waals surface area contributed by atoms with E-state index in [9.17, 15) is 0 Å². The first kappa shape index (κ1) is 13.9. The molecule has 0 aliphatic rings. The van der Waals surface area contributed by atoms with Crippen LogP contribution in [0.2, 0.25) is 5.02 Å². The van der Waals surface area contributed by atoms with Gasteiger partial charge in [-0.25, -0.2) is 0 Å². The van der Waals surface area contributed by atoms with E-state index < -0.39 is 0 Å². The van der Waals surface area contributed by atoms with Crippen LogP contribution in [-0.4, -0.2) is 17.0 Å². The summed E-state index contributed by atoms with van der Waals surface area (Å²) in [5.41, 5.74) is 1.24. The maximum Gasteiger partial charge on any atom is 0.0409 e. The summed E-state index contributed by atoms with van der Waals surface area (Å²) in [5, 5.41) is 4.23. The van der Waals surface area contributed by atoms with Crippen molar-refractivity contribution in [2.75, 3.05) is 12.3 Å². The van der Waals surface area contributed by atoms with Crippen LogP contribution in [-0.2, 0) is 6.54 Å². The largest absolute Gasteiger partial charge is 0.312 e. The summed E-state index contributed by atoms with van der Waals surface area (Å²) in [4.78, 5) is 0. The van der Waals surface area contributed by atoms with Crippen LogP contribution in [0, 0.1) is 0 Å². The highest BCUT2D eigenvalue weighted by molar-refractivity contribution is 8.00. The van der Waals surface area contributed by atoms with Crippen molar-refractivity contribution in [2.45, 2.75) is 32.1 Å². The van der Waals surface area contributed by atoms with Gasteiger partial charge in [0.25, 0.3) is 0 Å². The minimum atomic E-state index is 0.359. The number of hydrogen-bond acceptors (Lipinski definition) is 2. The molecule has 1 aromatic rings. The van der Waals surface area contributed by atoms with E-state index in [4.69, 9.17) is 11.6 Å². The SMILES string of the molecule is CC(C)(C)SCCNCc1cccc(Cl)c1. The van der Waals surface area contributed by atoms with Gasteiger partial charge in [-0.3, -0.25) is 0 Å². The maximum atomic E-state index is 5.91. The van der Waals surface area contributed by atoms with Crippen LogP contribution in [0.3, 0.4) is 0 Å². The highest BCUT2D eigenvalue weighted by Crippen LogP contribution is 2.22. The first-order chi connectivity index (χ1) is 7.47. The number of rotatable bonds is 5. The Balaban J connectivity index is 2.17. The molecule has 1 aromatic carbocycles. The summed E-state index contributed by atoms with van der Waals surface area (Å²) in [7, 11) is 0. The molecule has 0 radical (unpaired) electrons. The fourth-order valence-corrected chi connectivity index (χ4v) is 2.38. The average molecular weight is 258 g/mol. The molecule has 0 atom stereocenters. The Bertz CT molecular complexity index is 320. The van der Waals surface area contributed by atoms with Crippen LogP contribution in [0.15, 0.2) is 24.3 Å². The molecule has 16 heavy (non-hydrogen) atoms. The summed E-state index contributed by atoms with van der Waals surface area (Å²) in [6, 6.07) is 7.99. The third-order valence-electron chi connectivity index (χ3n) is 2.03. The van der Waals surface area contributed by atoms with Crippen molar-refractivity contribution in [3.05, 3.63) is 34.9 Å². The van der Waals surface area contributed by atoms with Gasteiger partial charge in [0.05, 0.1) is 0 Å². The molecule has 90 valence electrons. The van der Waals surface area contributed by atoms with E-state index in [-0.39, 0.29) is 0 Å². The normalized spacial score (nSPS) is 11.8. The van der Waals surface area contributed by atoms with Gasteiger partial charge in [-0.1, -0.05) is 44.5 Å². The molecule has 0 saturated carbocycles. The van der Waals surface area contributed by atoms with Crippen LogP contribution in [0.25, 0.3) is 0 Å². The van der Waals surface area contributed by atoms with E-state index in [0.29, 0.717) is 4.75 Å². The van der Waals surface area contributed by atoms with Crippen LogP contribution in [0.4, 0.5) is 0 Å². The second-order valence-electron chi connectivity index (χ2n) is 4.77. The third kappa shape index (κ3) is 6.41. The lowest BCUT2D eigenvalue weighted by Crippen LogP contribution is -2.19. The predicted octanol–water partition coefficient (Wildman–Crippen LogP) is 3.96. The van der Waals surface area contributed by atoms with Gasteiger partial charge in [-0.2, -0.15) is 11.8 Å². The van der Waals surface area contributed by atoms with E-state index in [0.717, 1.165) is 23.9 Å². The first-order valence-corrected chi connectivity index (χ1v) is 6.93. The van der Waals surface area contributed by atoms with E-state index in [1.807, 2.05) is 30.0 Å². The Labute approximate surface area is 108 Å². The molecule has 0 fully saturated rings. The highest BCUT2D eigenvalue weighted by Gasteiger charge is 2.08. The molecule has 0 bridgehead atoms. The van der Waals surface area contributed by atoms with Crippen molar-refractivity contribution in [1.29, 1.82) is 0 Å². The molecule has 1 N–H and O–H groups in total. The molecule has 1 rings (SSSR count). The summed E-state index contributed by atoms with van der Waals surface area (Å²) in [6.07, 6.45) is 0. The van der Waals surface area contributed by atoms with Gasteiger partial charge in [0.15, 0.2) is 0 Å². The molecule has 0 unspecified atom stereocenters. The van der Waals surface area contributed by atoms with Crippen molar-refractivity contribution in [3.8, 4) is 0 Å². The number of benzene rings is 1. The quantitative estimate of drug-likeness (QED) is 0.802. The van der Waals surface area contributed by atoms with Gasteiger partial charge in [-0.05, 0) is 17.7 Å². The van der Waals surface area contributed by atoms with E-state index in [1.165, 1.54) is 5.56 Å². The standard InChI is InChI=1S/C13H20ClNS/c1-13(2,3)16-8-7-15-10-11-5-4-6-12(14)9-11/h4-6,9,15H,7-8,10H2,1-3H3. The topological polar surface area (TPSA) is 12.0 Å². The summed E-state index contributed by atoms with van der Waals surface area (Å²) < 4.78 is 0.359. The monoisotopic (exact) mass is 257 g/mol. The van der Waals surface area contributed by atoms with E-state index in [1.54, 1.807) is 0 Å². The molecule has 0 aliphatic carbocycles. The van der Waals surface area contributed by atoms with Crippen molar-refractivity contribution < 1.29 is 0 Å². The smallest absolute Gasteiger partial charge is 0.0409 e. The van der Waals surface area contributed by atoms with Crippen LogP contribution >= 0.6 is 23.4 Å².